The molecule has 0 aliphatic heterocycles. The fraction of sp³-hybridized carbons (Fsp3) is 0.500. The van der Waals surface area contributed by atoms with E-state index in [1.165, 1.54) is 12.8 Å². The Morgan fingerprint density at radius 1 is 1.27 bits per heavy atom. The van der Waals surface area contributed by atoms with Gasteiger partial charge in [0.25, 0.3) is 5.91 Å². The van der Waals surface area contributed by atoms with E-state index >= 15 is 0 Å². The third-order valence-electron chi connectivity index (χ3n) is 5.96. The lowest BCUT2D eigenvalue weighted by Crippen LogP contribution is -2.33. The minimum absolute atomic E-state index is 0.108. The van der Waals surface area contributed by atoms with Crippen molar-refractivity contribution in [2.75, 3.05) is 6.54 Å². The third kappa shape index (κ3) is 4.57. The maximum absolute atomic E-state index is 13.4. The van der Waals surface area contributed by atoms with Crippen LogP contribution in [0.2, 0.25) is 5.02 Å². The maximum Gasteiger partial charge on any atom is 0.264 e. The molecule has 3 aromatic rings. The highest BCUT2D eigenvalue weighted by atomic mass is 35.5. The summed E-state index contributed by atoms with van der Waals surface area (Å²) in [6, 6.07) is 10.3. The van der Waals surface area contributed by atoms with E-state index in [0.717, 1.165) is 57.4 Å². The SMILES string of the molecule is Cc1ccc(C(=O)N(CCC(C)C)Cc2nc3ccc(Cl)cc3n2C2CCCC2)s1. The van der Waals surface area contributed by atoms with Crippen LogP contribution < -0.4 is 0 Å². The van der Waals surface area contributed by atoms with E-state index in [1.54, 1.807) is 11.3 Å². The number of imidazole rings is 1. The fourth-order valence-corrected chi connectivity index (χ4v) is 5.34. The molecule has 0 spiro atoms. The highest BCUT2D eigenvalue weighted by Gasteiger charge is 2.26. The van der Waals surface area contributed by atoms with Crippen LogP contribution in [0, 0.1) is 12.8 Å². The minimum Gasteiger partial charge on any atom is -0.330 e. The van der Waals surface area contributed by atoms with Gasteiger partial charge in [-0.1, -0.05) is 38.3 Å². The van der Waals surface area contributed by atoms with Crippen molar-refractivity contribution >= 4 is 39.9 Å². The molecule has 4 nitrogen and oxygen atoms in total. The second-order valence-corrected chi connectivity index (χ2v) is 10.5. The number of carbonyl (C=O) groups is 1. The second-order valence-electron chi connectivity index (χ2n) is 8.79. The Morgan fingerprint density at radius 3 is 2.70 bits per heavy atom. The van der Waals surface area contributed by atoms with Gasteiger partial charge in [-0.25, -0.2) is 4.98 Å². The molecule has 2 heterocycles. The number of aromatic nitrogens is 2. The monoisotopic (exact) mass is 443 g/mol. The molecule has 1 amide bonds. The lowest BCUT2D eigenvalue weighted by Gasteiger charge is -2.25. The Balaban J connectivity index is 1.71. The molecule has 0 bridgehead atoms. The van der Waals surface area contributed by atoms with Crippen molar-refractivity contribution in [2.45, 2.75) is 65.5 Å². The van der Waals surface area contributed by atoms with Gasteiger partial charge in [-0.05, 0) is 62.4 Å². The zero-order valence-corrected chi connectivity index (χ0v) is 19.6. The lowest BCUT2D eigenvalue weighted by molar-refractivity contribution is 0.0733. The molecule has 6 heteroatoms. The number of hydrogen-bond donors (Lipinski definition) is 0. The largest absolute Gasteiger partial charge is 0.330 e. The number of halogens is 1. The molecule has 0 N–H and O–H groups in total. The third-order valence-corrected chi connectivity index (χ3v) is 7.19. The van der Waals surface area contributed by atoms with Crippen molar-refractivity contribution in [1.29, 1.82) is 0 Å². The van der Waals surface area contributed by atoms with Gasteiger partial charge in [0.05, 0.1) is 22.5 Å². The summed E-state index contributed by atoms with van der Waals surface area (Å²) in [4.78, 5) is 22.3. The van der Waals surface area contributed by atoms with Crippen LogP contribution >= 0.6 is 22.9 Å². The summed E-state index contributed by atoms with van der Waals surface area (Å²) in [5.41, 5.74) is 2.05. The van der Waals surface area contributed by atoms with Crippen LogP contribution in [0.5, 0.6) is 0 Å². The summed E-state index contributed by atoms with van der Waals surface area (Å²) in [5.74, 6) is 1.62. The molecule has 0 atom stereocenters. The summed E-state index contributed by atoms with van der Waals surface area (Å²) >= 11 is 7.90. The van der Waals surface area contributed by atoms with Gasteiger partial charge < -0.3 is 9.47 Å². The van der Waals surface area contributed by atoms with Crippen LogP contribution in [-0.2, 0) is 6.54 Å². The van der Waals surface area contributed by atoms with Gasteiger partial charge in [-0.15, -0.1) is 11.3 Å². The molecule has 0 unspecified atom stereocenters. The van der Waals surface area contributed by atoms with E-state index in [9.17, 15) is 4.79 Å². The first-order chi connectivity index (χ1) is 14.4. The van der Waals surface area contributed by atoms with E-state index in [4.69, 9.17) is 16.6 Å². The van der Waals surface area contributed by atoms with Gasteiger partial charge in [-0.2, -0.15) is 0 Å². The smallest absolute Gasteiger partial charge is 0.264 e. The number of benzene rings is 1. The highest BCUT2D eigenvalue weighted by molar-refractivity contribution is 7.13. The van der Waals surface area contributed by atoms with E-state index in [1.807, 2.05) is 42.2 Å². The summed E-state index contributed by atoms with van der Waals surface area (Å²) in [7, 11) is 0. The number of rotatable bonds is 7. The van der Waals surface area contributed by atoms with Gasteiger partial charge in [0, 0.05) is 22.5 Å². The Kier molecular flexibility index (Phi) is 6.49. The van der Waals surface area contributed by atoms with Gasteiger partial charge in [0.2, 0.25) is 0 Å². The van der Waals surface area contributed by atoms with Crippen LogP contribution in [-0.4, -0.2) is 26.9 Å². The Labute approximate surface area is 187 Å². The summed E-state index contributed by atoms with van der Waals surface area (Å²) < 4.78 is 2.36. The molecular formula is C24H30ClN3OS. The predicted octanol–water partition coefficient (Wildman–Crippen LogP) is 6.86. The Morgan fingerprint density at radius 2 is 2.03 bits per heavy atom. The number of thiophene rings is 1. The van der Waals surface area contributed by atoms with E-state index < -0.39 is 0 Å². The number of nitrogens with zero attached hydrogens (tertiary/aromatic N) is 3. The molecule has 1 aliphatic rings. The van der Waals surface area contributed by atoms with E-state index in [0.29, 0.717) is 18.5 Å². The van der Waals surface area contributed by atoms with Crippen molar-refractivity contribution < 1.29 is 4.79 Å². The van der Waals surface area contributed by atoms with Crippen LogP contribution in [0.15, 0.2) is 30.3 Å². The van der Waals surface area contributed by atoms with Crippen molar-refractivity contribution in [3.8, 4) is 0 Å². The highest BCUT2D eigenvalue weighted by Crippen LogP contribution is 2.35. The van der Waals surface area contributed by atoms with Gasteiger partial charge >= 0.3 is 0 Å². The van der Waals surface area contributed by atoms with Crippen LogP contribution in [0.3, 0.4) is 0 Å². The van der Waals surface area contributed by atoms with Gasteiger partial charge in [-0.3, -0.25) is 4.79 Å². The molecule has 1 fully saturated rings. The molecule has 30 heavy (non-hydrogen) atoms. The number of fused-ring (bicyclic) bond motifs is 1. The van der Waals surface area contributed by atoms with Crippen molar-refractivity contribution in [1.82, 2.24) is 14.5 Å². The Hall–Kier alpha value is -1.85. The summed E-state index contributed by atoms with van der Waals surface area (Å²) in [6.07, 6.45) is 5.79. The van der Waals surface area contributed by atoms with E-state index in [-0.39, 0.29) is 5.91 Å². The second kappa shape index (κ2) is 9.11. The van der Waals surface area contributed by atoms with Crippen LogP contribution in [0.4, 0.5) is 0 Å². The molecule has 0 radical (unpaired) electrons. The average Bonchev–Trinajstić information content (AvgIpc) is 3.43. The molecule has 2 aromatic heterocycles. The quantitative estimate of drug-likeness (QED) is 0.399. The van der Waals surface area contributed by atoms with Crippen molar-refractivity contribution in [3.63, 3.8) is 0 Å². The molecule has 4 rings (SSSR count). The molecule has 1 aliphatic carbocycles. The molecule has 0 saturated heterocycles. The zero-order chi connectivity index (χ0) is 21.3. The molecule has 160 valence electrons. The predicted molar refractivity (Wildman–Crippen MR) is 125 cm³/mol. The molecular weight excluding hydrogens is 414 g/mol. The van der Waals surface area contributed by atoms with Crippen LogP contribution in [0.1, 0.15) is 72.4 Å². The first kappa shape index (κ1) is 21.4. The summed E-state index contributed by atoms with van der Waals surface area (Å²) in [5, 5.41) is 0.731. The van der Waals surface area contributed by atoms with Crippen LogP contribution in [0.25, 0.3) is 11.0 Å². The average molecular weight is 444 g/mol. The lowest BCUT2D eigenvalue weighted by atomic mass is 10.1. The van der Waals surface area contributed by atoms with Gasteiger partial charge in [0.15, 0.2) is 0 Å². The zero-order valence-electron chi connectivity index (χ0n) is 18.0. The number of carbonyl (C=O) groups excluding carboxylic acids is 1. The first-order valence-corrected chi connectivity index (χ1v) is 12.1. The number of hydrogen-bond acceptors (Lipinski definition) is 3. The summed E-state index contributed by atoms with van der Waals surface area (Å²) in [6.45, 7) is 7.72. The maximum atomic E-state index is 13.4. The first-order valence-electron chi connectivity index (χ1n) is 10.9. The number of aryl methyl sites for hydroxylation is 1. The van der Waals surface area contributed by atoms with E-state index in [2.05, 4.69) is 18.4 Å². The van der Waals surface area contributed by atoms with Crippen molar-refractivity contribution in [3.05, 3.63) is 50.9 Å². The normalized spacial score (nSPS) is 14.8. The molecule has 1 aromatic carbocycles. The standard InChI is InChI=1S/C24H30ClN3OS/c1-16(2)12-13-27(24(29)22-11-8-17(3)30-22)15-23-26-20-10-9-18(25)14-21(20)28(23)19-6-4-5-7-19/h8-11,14,16,19H,4-7,12-13,15H2,1-3H3. The topological polar surface area (TPSA) is 38.1 Å². The van der Waals surface area contributed by atoms with Gasteiger partial charge in [0.1, 0.15) is 5.82 Å². The van der Waals surface area contributed by atoms with Crippen molar-refractivity contribution in [2.24, 2.45) is 5.92 Å². The Bertz CT molecular complexity index is 1030. The number of amides is 1. The fourth-order valence-electron chi connectivity index (χ4n) is 4.34. The minimum atomic E-state index is 0.108. The molecule has 1 saturated carbocycles.